The predicted molar refractivity (Wildman–Crippen MR) is 77.7 cm³/mol. The normalized spacial score (nSPS) is 19.7. The molecule has 0 spiro atoms. The third-order valence-corrected chi connectivity index (χ3v) is 5.21. The largest absolute Gasteiger partial charge is 0.326 e. The van der Waals surface area contributed by atoms with Gasteiger partial charge in [0.25, 0.3) is 0 Å². The van der Waals surface area contributed by atoms with E-state index in [1.165, 1.54) is 54.1 Å². The molecule has 2 aliphatic carbocycles. The van der Waals surface area contributed by atoms with Crippen LogP contribution in [0.25, 0.3) is 0 Å². The fourth-order valence-corrected chi connectivity index (χ4v) is 3.55. The SMILES string of the molecule is Cc1sc(CN)cc1CN(CC1CC1)CC1CC1. The van der Waals surface area contributed by atoms with Crippen LogP contribution in [0.5, 0.6) is 0 Å². The summed E-state index contributed by atoms with van der Waals surface area (Å²) in [4.78, 5) is 5.50. The van der Waals surface area contributed by atoms with E-state index in [1.807, 2.05) is 11.3 Å². The van der Waals surface area contributed by atoms with Crippen molar-refractivity contribution in [1.82, 2.24) is 4.90 Å². The van der Waals surface area contributed by atoms with Gasteiger partial charge in [0.2, 0.25) is 0 Å². The van der Waals surface area contributed by atoms with Crippen LogP contribution in [0.1, 0.15) is 41.0 Å². The summed E-state index contributed by atoms with van der Waals surface area (Å²) in [5.74, 6) is 1.99. The lowest BCUT2D eigenvalue weighted by atomic mass is 10.2. The minimum absolute atomic E-state index is 0.691. The number of hydrogen-bond donors (Lipinski definition) is 1. The Morgan fingerprint density at radius 2 is 1.83 bits per heavy atom. The molecule has 2 saturated carbocycles. The second-order valence-electron chi connectivity index (χ2n) is 6.08. The van der Waals surface area contributed by atoms with E-state index in [0.717, 1.165) is 18.4 Å². The van der Waals surface area contributed by atoms with Gasteiger partial charge in [0, 0.05) is 35.9 Å². The molecule has 3 heteroatoms. The van der Waals surface area contributed by atoms with Crippen LogP contribution in [0, 0.1) is 18.8 Å². The van der Waals surface area contributed by atoms with Gasteiger partial charge in [-0.25, -0.2) is 0 Å². The van der Waals surface area contributed by atoms with Crippen molar-refractivity contribution < 1.29 is 0 Å². The van der Waals surface area contributed by atoms with Gasteiger partial charge in [-0.1, -0.05) is 0 Å². The molecule has 2 nitrogen and oxygen atoms in total. The Balaban J connectivity index is 1.63. The van der Waals surface area contributed by atoms with Crippen LogP contribution in [0.2, 0.25) is 0 Å². The van der Waals surface area contributed by atoms with Crippen molar-refractivity contribution in [1.29, 1.82) is 0 Å². The molecule has 3 rings (SSSR count). The third-order valence-electron chi connectivity index (χ3n) is 4.09. The lowest BCUT2D eigenvalue weighted by Gasteiger charge is -2.22. The van der Waals surface area contributed by atoms with E-state index in [9.17, 15) is 0 Å². The molecule has 2 aliphatic rings. The lowest BCUT2D eigenvalue weighted by Crippen LogP contribution is -2.27. The highest BCUT2D eigenvalue weighted by Crippen LogP contribution is 2.35. The number of nitrogens with two attached hydrogens (primary N) is 1. The lowest BCUT2D eigenvalue weighted by molar-refractivity contribution is 0.244. The van der Waals surface area contributed by atoms with Crippen LogP contribution >= 0.6 is 11.3 Å². The van der Waals surface area contributed by atoms with Gasteiger partial charge >= 0.3 is 0 Å². The minimum atomic E-state index is 0.691. The molecule has 18 heavy (non-hydrogen) atoms. The molecule has 1 heterocycles. The van der Waals surface area contributed by atoms with E-state index in [4.69, 9.17) is 5.73 Å². The van der Waals surface area contributed by atoms with Crippen molar-refractivity contribution in [2.75, 3.05) is 13.1 Å². The number of rotatable bonds is 7. The van der Waals surface area contributed by atoms with Crippen LogP contribution in [-0.4, -0.2) is 18.0 Å². The molecule has 1 aromatic heterocycles. The molecular weight excluding hydrogens is 240 g/mol. The van der Waals surface area contributed by atoms with Crippen LogP contribution < -0.4 is 5.73 Å². The zero-order chi connectivity index (χ0) is 12.5. The van der Waals surface area contributed by atoms with E-state index < -0.39 is 0 Å². The summed E-state index contributed by atoms with van der Waals surface area (Å²) in [6, 6.07) is 2.33. The topological polar surface area (TPSA) is 29.3 Å². The van der Waals surface area contributed by atoms with Gasteiger partial charge in [0.05, 0.1) is 0 Å². The highest BCUT2D eigenvalue weighted by molar-refractivity contribution is 7.12. The maximum absolute atomic E-state index is 5.74. The van der Waals surface area contributed by atoms with Gasteiger partial charge in [0.15, 0.2) is 0 Å². The van der Waals surface area contributed by atoms with Crippen molar-refractivity contribution in [3.8, 4) is 0 Å². The average molecular weight is 264 g/mol. The van der Waals surface area contributed by atoms with E-state index in [2.05, 4.69) is 17.9 Å². The summed E-state index contributed by atoms with van der Waals surface area (Å²) in [6.07, 6.45) is 5.82. The Morgan fingerprint density at radius 1 is 1.22 bits per heavy atom. The Labute approximate surface area is 114 Å². The van der Waals surface area contributed by atoms with Crippen molar-refractivity contribution >= 4 is 11.3 Å². The second-order valence-corrected chi connectivity index (χ2v) is 7.42. The standard InChI is InChI=1S/C15H24N2S/c1-11-14(6-15(7-16)18-11)10-17(8-12-2-3-12)9-13-4-5-13/h6,12-13H,2-5,7-10,16H2,1H3. The summed E-state index contributed by atoms with van der Waals surface area (Å²) in [5.41, 5.74) is 7.26. The fourth-order valence-electron chi connectivity index (χ4n) is 2.62. The zero-order valence-electron chi connectivity index (χ0n) is 11.3. The van der Waals surface area contributed by atoms with E-state index in [-0.39, 0.29) is 0 Å². The van der Waals surface area contributed by atoms with Gasteiger partial charge in [-0.2, -0.15) is 0 Å². The number of hydrogen-bond acceptors (Lipinski definition) is 3. The molecule has 0 atom stereocenters. The quantitative estimate of drug-likeness (QED) is 0.820. The molecule has 1 aromatic rings. The first-order valence-electron chi connectivity index (χ1n) is 7.25. The highest BCUT2D eigenvalue weighted by atomic mass is 32.1. The van der Waals surface area contributed by atoms with Gasteiger partial charge in [-0.15, -0.1) is 11.3 Å². The molecule has 0 amide bonds. The van der Waals surface area contributed by atoms with E-state index in [0.29, 0.717) is 6.54 Å². The molecule has 100 valence electrons. The molecule has 0 radical (unpaired) electrons. The van der Waals surface area contributed by atoms with Gasteiger partial charge in [-0.3, -0.25) is 4.90 Å². The van der Waals surface area contributed by atoms with Crippen LogP contribution in [0.4, 0.5) is 0 Å². The summed E-state index contributed by atoms with van der Waals surface area (Å²) in [6.45, 7) is 6.73. The maximum Gasteiger partial charge on any atom is 0.0274 e. The Kier molecular flexibility index (Phi) is 3.73. The van der Waals surface area contributed by atoms with Crippen LogP contribution in [0.3, 0.4) is 0 Å². The molecule has 2 fully saturated rings. The van der Waals surface area contributed by atoms with Crippen molar-refractivity contribution in [2.45, 2.75) is 45.7 Å². The van der Waals surface area contributed by atoms with Crippen LogP contribution in [-0.2, 0) is 13.1 Å². The number of aryl methyl sites for hydroxylation is 1. The monoisotopic (exact) mass is 264 g/mol. The first kappa shape index (κ1) is 12.6. The van der Waals surface area contributed by atoms with Crippen LogP contribution in [0.15, 0.2) is 6.07 Å². The molecule has 0 bridgehead atoms. The summed E-state index contributed by atoms with van der Waals surface area (Å²) in [5, 5.41) is 0. The molecule has 0 aromatic carbocycles. The fraction of sp³-hybridized carbons (Fsp3) is 0.733. The highest BCUT2D eigenvalue weighted by Gasteiger charge is 2.29. The van der Waals surface area contributed by atoms with E-state index >= 15 is 0 Å². The van der Waals surface area contributed by atoms with Gasteiger partial charge in [-0.05, 0) is 56.1 Å². The average Bonchev–Trinajstić information content (AvgIpc) is 3.24. The molecule has 2 N–H and O–H groups in total. The van der Waals surface area contributed by atoms with Crippen molar-refractivity contribution in [3.63, 3.8) is 0 Å². The van der Waals surface area contributed by atoms with Gasteiger partial charge in [0.1, 0.15) is 0 Å². The summed E-state index contributed by atoms with van der Waals surface area (Å²) in [7, 11) is 0. The zero-order valence-corrected chi connectivity index (χ0v) is 12.1. The summed E-state index contributed by atoms with van der Waals surface area (Å²) < 4.78 is 0. The minimum Gasteiger partial charge on any atom is -0.326 e. The van der Waals surface area contributed by atoms with E-state index in [1.54, 1.807) is 0 Å². The van der Waals surface area contributed by atoms with Gasteiger partial charge < -0.3 is 5.73 Å². The summed E-state index contributed by atoms with van der Waals surface area (Å²) >= 11 is 1.87. The van der Waals surface area contributed by atoms with Crippen molar-refractivity contribution in [2.24, 2.45) is 17.6 Å². The van der Waals surface area contributed by atoms with Crippen molar-refractivity contribution in [3.05, 3.63) is 21.4 Å². The smallest absolute Gasteiger partial charge is 0.0274 e. The maximum atomic E-state index is 5.74. The molecule has 0 aliphatic heterocycles. The Bertz CT molecular complexity index is 391. The third kappa shape index (κ3) is 3.34. The number of thiophene rings is 1. The number of nitrogens with zero attached hydrogens (tertiary/aromatic N) is 1. The molecule has 0 unspecified atom stereocenters. The predicted octanol–water partition coefficient (Wildman–Crippen LogP) is 3.14. The first-order chi connectivity index (χ1) is 8.74. The molecule has 0 saturated heterocycles. The first-order valence-corrected chi connectivity index (χ1v) is 8.07. The Morgan fingerprint density at radius 3 is 2.28 bits per heavy atom. The second kappa shape index (κ2) is 5.32. The Hall–Kier alpha value is -0.380. The molecular formula is C15H24N2S.